The van der Waals surface area contributed by atoms with Crippen molar-refractivity contribution in [1.29, 1.82) is 5.26 Å². The van der Waals surface area contributed by atoms with E-state index in [0.717, 1.165) is 12.5 Å². The summed E-state index contributed by atoms with van der Waals surface area (Å²) in [6.07, 6.45) is 4.22. The van der Waals surface area contributed by atoms with Gasteiger partial charge < -0.3 is 5.32 Å². The first-order valence-corrected chi connectivity index (χ1v) is 5.27. The second-order valence-electron chi connectivity index (χ2n) is 4.10. The molecule has 0 aromatic carbocycles. The summed E-state index contributed by atoms with van der Waals surface area (Å²) in [6.45, 7) is 3.10. The van der Waals surface area contributed by atoms with Crippen molar-refractivity contribution >= 4 is 5.82 Å². The van der Waals surface area contributed by atoms with Gasteiger partial charge in [-0.25, -0.2) is 0 Å². The van der Waals surface area contributed by atoms with Gasteiger partial charge in [-0.1, -0.05) is 6.92 Å². The highest BCUT2D eigenvalue weighted by Crippen LogP contribution is 2.36. The molecule has 1 atom stereocenters. The molecule has 1 saturated carbocycles. The van der Waals surface area contributed by atoms with Crippen LogP contribution < -0.4 is 5.32 Å². The fourth-order valence-electron chi connectivity index (χ4n) is 1.64. The van der Waals surface area contributed by atoms with Crippen molar-refractivity contribution in [2.24, 2.45) is 11.8 Å². The van der Waals surface area contributed by atoms with Gasteiger partial charge in [-0.05, 0) is 30.7 Å². The average Bonchev–Trinajstić information content (AvgIpc) is 3.10. The highest BCUT2D eigenvalue weighted by atomic mass is 15.2. The molecule has 4 heteroatoms. The van der Waals surface area contributed by atoms with Crippen LogP contribution in [0.25, 0.3) is 0 Å². The Hall–Kier alpha value is -1.63. The molecule has 1 aromatic rings. The molecule has 4 nitrogen and oxygen atoms in total. The van der Waals surface area contributed by atoms with Crippen molar-refractivity contribution in [1.82, 2.24) is 10.2 Å². The van der Waals surface area contributed by atoms with Crippen LogP contribution in [0.2, 0.25) is 0 Å². The molecule has 0 aliphatic heterocycles. The maximum atomic E-state index is 8.85. The van der Waals surface area contributed by atoms with Crippen LogP contribution in [0.3, 0.4) is 0 Å². The fourth-order valence-corrected chi connectivity index (χ4v) is 1.64. The summed E-state index contributed by atoms with van der Waals surface area (Å²) in [5, 5.41) is 19.7. The minimum absolute atomic E-state index is 0.563. The average molecular weight is 202 g/mol. The standard InChI is InChI=1S/C11H14N4/c1-8(9-2-3-9)7-13-11-10(6-12)4-5-14-15-11/h4-5,8-9H,2-3,7H2,1H3,(H,13,15). The fraction of sp³-hybridized carbons (Fsp3) is 0.545. The largest absolute Gasteiger partial charge is 0.367 e. The molecular weight excluding hydrogens is 188 g/mol. The molecule has 0 radical (unpaired) electrons. The third kappa shape index (κ3) is 2.44. The number of hydrogen-bond acceptors (Lipinski definition) is 4. The van der Waals surface area contributed by atoms with Crippen molar-refractivity contribution in [3.05, 3.63) is 17.8 Å². The van der Waals surface area contributed by atoms with Crippen LogP contribution >= 0.6 is 0 Å². The molecule has 1 fully saturated rings. The zero-order valence-electron chi connectivity index (χ0n) is 8.77. The van der Waals surface area contributed by atoms with Gasteiger partial charge in [0.05, 0.1) is 11.8 Å². The molecule has 1 unspecified atom stereocenters. The Morgan fingerprint density at radius 3 is 3.13 bits per heavy atom. The normalized spacial score (nSPS) is 16.8. The lowest BCUT2D eigenvalue weighted by Gasteiger charge is -2.11. The van der Waals surface area contributed by atoms with E-state index in [9.17, 15) is 0 Å². The second kappa shape index (κ2) is 4.26. The van der Waals surface area contributed by atoms with Crippen LogP contribution in [0.5, 0.6) is 0 Å². The van der Waals surface area contributed by atoms with Crippen LogP contribution in [0.15, 0.2) is 12.3 Å². The molecule has 15 heavy (non-hydrogen) atoms. The second-order valence-corrected chi connectivity index (χ2v) is 4.10. The zero-order chi connectivity index (χ0) is 10.7. The smallest absolute Gasteiger partial charge is 0.166 e. The van der Waals surface area contributed by atoms with Crippen molar-refractivity contribution in [3.8, 4) is 6.07 Å². The maximum absolute atomic E-state index is 8.85. The quantitative estimate of drug-likeness (QED) is 0.808. The van der Waals surface area contributed by atoms with E-state index >= 15 is 0 Å². The maximum Gasteiger partial charge on any atom is 0.166 e. The summed E-state index contributed by atoms with van der Waals surface area (Å²) in [7, 11) is 0. The highest BCUT2D eigenvalue weighted by molar-refractivity contribution is 5.50. The van der Waals surface area contributed by atoms with Gasteiger partial charge in [0.25, 0.3) is 0 Å². The van der Waals surface area contributed by atoms with Gasteiger partial charge in [-0.3, -0.25) is 0 Å². The number of rotatable bonds is 4. The van der Waals surface area contributed by atoms with E-state index < -0.39 is 0 Å². The lowest BCUT2D eigenvalue weighted by atomic mass is 10.1. The first-order valence-electron chi connectivity index (χ1n) is 5.27. The molecule has 1 aliphatic carbocycles. The summed E-state index contributed by atoms with van der Waals surface area (Å²) in [5.41, 5.74) is 0.563. The first-order chi connectivity index (χ1) is 7.31. The number of nitrogens with zero attached hydrogens (tertiary/aromatic N) is 3. The monoisotopic (exact) mass is 202 g/mol. The Kier molecular flexibility index (Phi) is 2.82. The molecule has 0 amide bonds. The van der Waals surface area contributed by atoms with Gasteiger partial charge in [0.2, 0.25) is 0 Å². The lowest BCUT2D eigenvalue weighted by Crippen LogP contribution is -2.14. The molecular formula is C11H14N4. The summed E-state index contributed by atoms with van der Waals surface area (Å²) in [5.74, 6) is 2.12. The minimum atomic E-state index is 0.563. The third-order valence-corrected chi connectivity index (χ3v) is 2.86. The van der Waals surface area contributed by atoms with E-state index in [0.29, 0.717) is 17.3 Å². The highest BCUT2D eigenvalue weighted by Gasteiger charge is 2.27. The molecule has 1 aromatic heterocycles. The van der Waals surface area contributed by atoms with E-state index in [1.165, 1.54) is 19.0 Å². The van der Waals surface area contributed by atoms with Gasteiger partial charge in [-0.2, -0.15) is 10.4 Å². The van der Waals surface area contributed by atoms with Gasteiger partial charge in [0.15, 0.2) is 5.82 Å². The summed E-state index contributed by atoms with van der Waals surface area (Å²) < 4.78 is 0. The van der Waals surface area contributed by atoms with E-state index in [4.69, 9.17) is 5.26 Å². The topological polar surface area (TPSA) is 61.6 Å². The number of nitriles is 1. The number of nitrogens with one attached hydrogen (secondary N) is 1. The number of aromatic nitrogens is 2. The molecule has 0 spiro atoms. The molecule has 1 aliphatic rings. The predicted molar refractivity (Wildman–Crippen MR) is 57.1 cm³/mol. The van der Waals surface area contributed by atoms with E-state index in [1.54, 1.807) is 6.07 Å². The van der Waals surface area contributed by atoms with Gasteiger partial charge in [-0.15, -0.1) is 5.10 Å². The van der Waals surface area contributed by atoms with Crippen LogP contribution in [-0.2, 0) is 0 Å². The van der Waals surface area contributed by atoms with Crippen molar-refractivity contribution in [2.75, 3.05) is 11.9 Å². The first kappa shape index (κ1) is 9.91. The van der Waals surface area contributed by atoms with E-state index in [2.05, 4.69) is 28.5 Å². The molecule has 0 saturated heterocycles. The van der Waals surface area contributed by atoms with Crippen LogP contribution in [-0.4, -0.2) is 16.7 Å². The third-order valence-electron chi connectivity index (χ3n) is 2.86. The SMILES string of the molecule is CC(CNc1nnccc1C#N)C1CC1. The Morgan fingerprint density at radius 1 is 1.67 bits per heavy atom. The molecule has 78 valence electrons. The predicted octanol–water partition coefficient (Wildman–Crippen LogP) is 1.81. The molecule has 2 rings (SSSR count). The van der Waals surface area contributed by atoms with E-state index in [1.807, 2.05) is 0 Å². The van der Waals surface area contributed by atoms with Crippen molar-refractivity contribution < 1.29 is 0 Å². The van der Waals surface area contributed by atoms with Crippen LogP contribution in [0.4, 0.5) is 5.82 Å². The Bertz CT molecular complexity index is 378. The minimum Gasteiger partial charge on any atom is -0.367 e. The summed E-state index contributed by atoms with van der Waals surface area (Å²) >= 11 is 0. The lowest BCUT2D eigenvalue weighted by molar-refractivity contribution is 0.535. The summed E-state index contributed by atoms with van der Waals surface area (Å²) in [4.78, 5) is 0. The molecule has 1 heterocycles. The van der Waals surface area contributed by atoms with Gasteiger partial charge in [0.1, 0.15) is 6.07 Å². The van der Waals surface area contributed by atoms with Crippen LogP contribution in [0.1, 0.15) is 25.3 Å². The number of hydrogen-bond donors (Lipinski definition) is 1. The zero-order valence-corrected chi connectivity index (χ0v) is 8.77. The summed E-state index contributed by atoms with van der Waals surface area (Å²) in [6, 6.07) is 3.78. The van der Waals surface area contributed by atoms with E-state index in [-0.39, 0.29) is 0 Å². The van der Waals surface area contributed by atoms with Crippen molar-refractivity contribution in [2.45, 2.75) is 19.8 Å². The number of anilines is 1. The molecule has 1 N–H and O–H groups in total. The van der Waals surface area contributed by atoms with Gasteiger partial charge >= 0.3 is 0 Å². The van der Waals surface area contributed by atoms with Gasteiger partial charge in [0, 0.05) is 6.54 Å². The Morgan fingerprint density at radius 2 is 2.47 bits per heavy atom. The van der Waals surface area contributed by atoms with Crippen LogP contribution in [0, 0.1) is 23.2 Å². The Labute approximate surface area is 89.3 Å². The molecule has 0 bridgehead atoms. The Balaban J connectivity index is 1.95. The van der Waals surface area contributed by atoms with Crippen molar-refractivity contribution in [3.63, 3.8) is 0 Å².